The normalized spacial score (nSPS) is 15.4. The zero-order valence-electron chi connectivity index (χ0n) is 17.6. The van der Waals surface area contributed by atoms with Gasteiger partial charge in [-0.3, -0.25) is 4.99 Å². The van der Waals surface area contributed by atoms with Gasteiger partial charge in [0.1, 0.15) is 6.29 Å². The quantitative estimate of drug-likeness (QED) is 0.414. The molecule has 0 aliphatic heterocycles. The zero-order valence-corrected chi connectivity index (χ0v) is 17.6. The molecule has 4 rings (SSSR count). The summed E-state index contributed by atoms with van der Waals surface area (Å²) in [6, 6.07) is 20.4. The van der Waals surface area contributed by atoms with E-state index in [1.165, 1.54) is 56.1 Å². The molecular formula is C27H40N2O. The summed E-state index contributed by atoms with van der Waals surface area (Å²) in [6.45, 7) is 1.48. The fourth-order valence-corrected chi connectivity index (χ4v) is 3.18. The number of hydrogen-bond acceptors (Lipinski definition) is 3. The number of aldehydes is 1. The highest BCUT2D eigenvalue weighted by atomic mass is 16.1. The molecule has 0 bridgehead atoms. The summed E-state index contributed by atoms with van der Waals surface area (Å²) in [4.78, 5) is 14.2. The number of rotatable bonds is 7. The molecule has 0 amide bonds. The highest BCUT2D eigenvalue weighted by Gasteiger charge is 2.15. The monoisotopic (exact) mass is 408 g/mol. The molecule has 2 saturated carbocycles. The number of hydrogen-bond donors (Lipinski definition) is 1. The average Bonchev–Trinajstić information content (AvgIpc) is 2.71. The van der Waals surface area contributed by atoms with Gasteiger partial charge in [0.25, 0.3) is 0 Å². The molecule has 2 N–H and O–H groups in total. The standard InChI is InChI=1S/C13H17N.C7H9N.C6H10O.CH4/c1-2-5-13(6-3-1)11-14-10-9-12-7-4-8-12;8-6-7-4-2-1-3-5-7;7-5-4-6-2-1-3-6;/h1-3,5-6,10,12H,4,7-9,11H2;1-5H,6,8H2;5-6H,1-4H2;1H4. The lowest BCUT2D eigenvalue weighted by Crippen LogP contribution is -2.10. The van der Waals surface area contributed by atoms with Crippen LogP contribution in [0.5, 0.6) is 0 Å². The lowest BCUT2D eigenvalue weighted by Gasteiger charge is -2.23. The highest BCUT2D eigenvalue weighted by Crippen LogP contribution is 2.28. The van der Waals surface area contributed by atoms with E-state index < -0.39 is 0 Å². The zero-order chi connectivity index (χ0) is 20.6. The van der Waals surface area contributed by atoms with Crippen molar-refractivity contribution >= 4 is 12.5 Å². The molecule has 0 radical (unpaired) electrons. The van der Waals surface area contributed by atoms with Crippen molar-refractivity contribution in [3.63, 3.8) is 0 Å². The minimum atomic E-state index is 0. The Kier molecular flexibility index (Phi) is 14.2. The maximum atomic E-state index is 9.81. The second-order valence-corrected chi connectivity index (χ2v) is 7.93. The lowest BCUT2D eigenvalue weighted by molar-refractivity contribution is -0.109. The molecule has 0 saturated heterocycles. The van der Waals surface area contributed by atoms with Crippen LogP contribution in [0.2, 0.25) is 0 Å². The average molecular weight is 409 g/mol. The number of carbonyl (C=O) groups excluding carboxylic acids is 1. The van der Waals surface area contributed by atoms with E-state index in [-0.39, 0.29) is 7.43 Å². The molecule has 0 spiro atoms. The van der Waals surface area contributed by atoms with E-state index in [0.717, 1.165) is 31.1 Å². The maximum absolute atomic E-state index is 9.81. The molecule has 164 valence electrons. The SMILES string of the molecule is C.C(CC1CCC1)=NCc1ccccc1.NCc1ccccc1.O=CCC1CCC1. The fourth-order valence-electron chi connectivity index (χ4n) is 3.18. The summed E-state index contributed by atoms with van der Waals surface area (Å²) in [7, 11) is 0. The van der Waals surface area contributed by atoms with Crippen LogP contribution in [-0.4, -0.2) is 12.5 Å². The molecule has 0 heterocycles. The maximum Gasteiger partial charge on any atom is 0.120 e. The summed E-state index contributed by atoms with van der Waals surface area (Å²) in [6.07, 6.45) is 13.3. The summed E-state index contributed by atoms with van der Waals surface area (Å²) in [5, 5.41) is 0. The van der Waals surface area contributed by atoms with Crippen LogP contribution < -0.4 is 5.73 Å². The van der Waals surface area contributed by atoms with E-state index in [1.54, 1.807) is 0 Å². The van der Waals surface area contributed by atoms with E-state index in [4.69, 9.17) is 5.73 Å². The van der Waals surface area contributed by atoms with Crippen molar-refractivity contribution in [2.75, 3.05) is 0 Å². The van der Waals surface area contributed by atoms with Crippen molar-refractivity contribution in [3.8, 4) is 0 Å². The predicted octanol–water partition coefficient (Wildman–Crippen LogP) is 6.60. The van der Waals surface area contributed by atoms with Crippen LogP contribution in [-0.2, 0) is 17.9 Å². The third-order valence-corrected chi connectivity index (χ3v) is 5.64. The Labute approximate surface area is 183 Å². The Morgan fingerprint density at radius 1 is 0.800 bits per heavy atom. The van der Waals surface area contributed by atoms with Crippen molar-refractivity contribution in [2.24, 2.45) is 22.6 Å². The minimum absolute atomic E-state index is 0. The Balaban J connectivity index is 0.000000241. The van der Waals surface area contributed by atoms with Crippen molar-refractivity contribution in [2.45, 2.75) is 71.9 Å². The molecule has 2 aliphatic carbocycles. The van der Waals surface area contributed by atoms with Crippen molar-refractivity contribution < 1.29 is 4.79 Å². The Hall–Kier alpha value is -2.26. The van der Waals surface area contributed by atoms with Crippen LogP contribution in [0.1, 0.15) is 69.9 Å². The molecule has 0 atom stereocenters. The molecule has 30 heavy (non-hydrogen) atoms. The Morgan fingerprint density at radius 3 is 1.67 bits per heavy atom. The molecular weight excluding hydrogens is 368 g/mol. The van der Waals surface area contributed by atoms with Gasteiger partial charge in [0.2, 0.25) is 0 Å². The van der Waals surface area contributed by atoms with E-state index in [0.29, 0.717) is 6.54 Å². The second-order valence-electron chi connectivity index (χ2n) is 7.93. The molecule has 3 heteroatoms. The minimum Gasteiger partial charge on any atom is -0.326 e. The molecule has 2 aromatic rings. The first-order valence-electron chi connectivity index (χ1n) is 11.0. The van der Waals surface area contributed by atoms with E-state index >= 15 is 0 Å². The fraction of sp³-hybridized carbons (Fsp3) is 0.481. The van der Waals surface area contributed by atoms with Gasteiger partial charge < -0.3 is 10.5 Å². The van der Waals surface area contributed by atoms with Gasteiger partial charge in [0, 0.05) is 13.0 Å². The molecule has 0 unspecified atom stereocenters. The van der Waals surface area contributed by atoms with Crippen LogP contribution in [0.15, 0.2) is 65.7 Å². The number of nitrogens with zero attached hydrogens (tertiary/aromatic N) is 1. The van der Waals surface area contributed by atoms with Gasteiger partial charge in [-0.1, -0.05) is 107 Å². The van der Waals surface area contributed by atoms with Gasteiger partial charge in [-0.2, -0.15) is 0 Å². The Bertz CT molecular complexity index is 677. The van der Waals surface area contributed by atoms with Crippen LogP contribution in [0.4, 0.5) is 0 Å². The van der Waals surface area contributed by atoms with Gasteiger partial charge in [0.15, 0.2) is 0 Å². The lowest BCUT2D eigenvalue weighted by atomic mass is 9.83. The molecule has 2 aromatic carbocycles. The van der Waals surface area contributed by atoms with E-state index in [1.807, 2.05) is 36.4 Å². The first kappa shape index (κ1) is 25.8. The van der Waals surface area contributed by atoms with Crippen molar-refractivity contribution in [1.29, 1.82) is 0 Å². The van der Waals surface area contributed by atoms with Gasteiger partial charge >= 0.3 is 0 Å². The molecule has 2 aliphatic rings. The van der Waals surface area contributed by atoms with Gasteiger partial charge in [0.05, 0.1) is 6.54 Å². The van der Waals surface area contributed by atoms with Crippen LogP contribution >= 0.6 is 0 Å². The van der Waals surface area contributed by atoms with Gasteiger partial charge in [-0.05, 0) is 35.6 Å². The highest BCUT2D eigenvalue weighted by molar-refractivity contribution is 5.57. The summed E-state index contributed by atoms with van der Waals surface area (Å²) in [5.74, 6) is 1.70. The van der Waals surface area contributed by atoms with Crippen LogP contribution in [0.25, 0.3) is 0 Å². The van der Waals surface area contributed by atoms with Crippen LogP contribution in [0.3, 0.4) is 0 Å². The van der Waals surface area contributed by atoms with Crippen molar-refractivity contribution in [1.82, 2.24) is 0 Å². The predicted molar refractivity (Wildman–Crippen MR) is 130 cm³/mol. The number of nitrogens with two attached hydrogens (primary N) is 1. The number of benzene rings is 2. The summed E-state index contributed by atoms with van der Waals surface area (Å²) >= 11 is 0. The first-order valence-corrected chi connectivity index (χ1v) is 11.0. The van der Waals surface area contributed by atoms with Gasteiger partial charge in [-0.25, -0.2) is 0 Å². The first-order chi connectivity index (χ1) is 14.3. The van der Waals surface area contributed by atoms with Gasteiger partial charge in [-0.15, -0.1) is 0 Å². The van der Waals surface area contributed by atoms with E-state index in [9.17, 15) is 4.79 Å². The Morgan fingerprint density at radius 2 is 1.30 bits per heavy atom. The number of carbonyl (C=O) groups is 1. The molecule has 3 nitrogen and oxygen atoms in total. The number of aliphatic imine (C=N–C) groups is 1. The summed E-state index contributed by atoms with van der Waals surface area (Å²) < 4.78 is 0. The third kappa shape index (κ3) is 11.1. The second kappa shape index (κ2) is 16.5. The van der Waals surface area contributed by atoms with Crippen LogP contribution in [0, 0.1) is 11.8 Å². The van der Waals surface area contributed by atoms with Crippen molar-refractivity contribution in [3.05, 3.63) is 71.8 Å². The smallest absolute Gasteiger partial charge is 0.120 e. The molecule has 0 aromatic heterocycles. The molecule has 2 fully saturated rings. The van der Waals surface area contributed by atoms with E-state index in [2.05, 4.69) is 35.5 Å². The largest absolute Gasteiger partial charge is 0.326 e. The summed E-state index contributed by atoms with van der Waals surface area (Å²) in [5.41, 5.74) is 7.84. The topological polar surface area (TPSA) is 55.4 Å². The third-order valence-electron chi connectivity index (χ3n) is 5.64.